The minimum atomic E-state index is -1.14. The number of fused-ring (bicyclic) bond motifs is 3. The average molecular weight is 477 g/mol. The first-order valence-electron chi connectivity index (χ1n) is 12.4. The van der Waals surface area contributed by atoms with Crippen LogP contribution in [0.4, 0.5) is 5.69 Å². The molecule has 0 radical (unpaired) electrons. The molecule has 3 heterocycles. The molecule has 1 fully saturated rings. The molecule has 3 amide bonds. The predicted molar refractivity (Wildman–Crippen MR) is 133 cm³/mol. The summed E-state index contributed by atoms with van der Waals surface area (Å²) < 4.78 is 7.45. The number of hydrogen-bond acceptors (Lipinski definition) is 4. The number of aromatic nitrogens is 1. The number of nitrogens with one attached hydrogen (secondary N) is 2. The summed E-state index contributed by atoms with van der Waals surface area (Å²) in [6, 6.07) is 11.3. The summed E-state index contributed by atoms with van der Waals surface area (Å²) >= 11 is 0. The standard InChI is InChI=1S/C27H32N4O4/c1-18(32)28-23-21-13-7-8-14-22(21)30-17-27(2,26(34)29-19-10-5-3-4-6-11-19)31(25(33)24(23)30)16-20-12-9-15-35-20/h7-9,12-15,19H,3-6,10-11,16-17H2,1-2H3,(H,28,32)(H,29,34)/t27-/m0/s1. The smallest absolute Gasteiger partial charge is 0.274 e. The molecule has 2 aliphatic rings. The molecule has 1 saturated carbocycles. The highest BCUT2D eigenvalue weighted by molar-refractivity contribution is 6.14. The zero-order chi connectivity index (χ0) is 24.6. The van der Waals surface area contributed by atoms with Crippen molar-refractivity contribution in [3.63, 3.8) is 0 Å². The Kier molecular flexibility index (Phi) is 6.13. The van der Waals surface area contributed by atoms with Crippen LogP contribution in [-0.2, 0) is 22.7 Å². The van der Waals surface area contributed by atoms with Crippen LogP contribution in [0.2, 0.25) is 0 Å². The number of carbonyl (C=O) groups is 3. The molecule has 1 atom stereocenters. The molecule has 5 rings (SSSR count). The first kappa shape index (κ1) is 23.2. The topological polar surface area (TPSA) is 96.6 Å². The average Bonchev–Trinajstić information content (AvgIpc) is 3.36. The molecule has 0 saturated heterocycles. The zero-order valence-corrected chi connectivity index (χ0v) is 20.3. The fourth-order valence-corrected chi connectivity index (χ4v) is 5.50. The molecular weight excluding hydrogens is 444 g/mol. The number of para-hydroxylation sites is 1. The van der Waals surface area contributed by atoms with Crippen molar-refractivity contribution in [2.24, 2.45) is 0 Å². The number of nitrogens with zero attached hydrogens (tertiary/aromatic N) is 2. The first-order chi connectivity index (χ1) is 16.9. The highest BCUT2D eigenvalue weighted by Gasteiger charge is 2.49. The molecule has 0 bridgehead atoms. The van der Waals surface area contributed by atoms with E-state index in [9.17, 15) is 14.4 Å². The van der Waals surface area contributed by atoms with Gasteiger partial charge >= 0.3 is 0 Å². The third-order valence-electron chi connectivity index (χ3n) is 7.36. The summed E-state index contributed by atoms with van der Waals surface area (Å²) in [6.07, 6.45) is 8.06. The van der Waals surface area contributed by atoms with E-state index in [0.29, 0.717) is 17.1 Å². The molecule has 3 aromatic rings. The van der Waals surface area contributed by atoms with E-state index in [1.165, 1.54) is 19.8 Å². The van der Waals surface area contributed by atoms with Crippen LogP contribution in [0.25, 0.3) is 10.9 Å². The van der Waals surface area contributed by atoms with Crippen molar-refractivity contribution in [3.05, 3.63) is 54.1 Å². The third kappa shape index (κ3) is 4.22. The van der Waals surface area contributed by atoms with Crippen molar-refractivity contribution in [2.45, 2.75) is 77.0 Å². The van der Waals surface area contributed by atoms with Gasteiger partial charge < -0.3 is 24.5 Å². The number of benzene rings is 1. The lowest BCUT2D eigenvalue weighted by Gasteiger charge is -2.44. The van der Waals surface area contributed by atoms with Gasteiger partial charge in [-0.1, -0.05) is 43.9 Å². The molecule has 184 valence electrons. The third-order valence-corrected chi connectivity index (χ3v) is 7.36. The van der Waals surface area contributed by atoms with Crippen LogP contribution in [0.15, 0.2) is 47.1 Å². The van der Waals surface area contributed by atoms with Crippen LogP contribution in [-0.4, -0.2) is 38.8 Å². The molecule has 2 aromatic heterocycles. The van der Waals surface area contributed by atoms with E-state index in [1.54, 1.807) is 23.3 Å². The quantitative estimate of drug-likeness (QED) is 0.532. The molecule has 8 heteroatoms. The van der Waals surface area contributed by atoms with E-state index in [-0.39, 0.29) is 36.9 Å². The normalized spacial score (nSPS) is 21.0. The van der Waals surface area contributed by atoms with Gasteiger partial charge in [-0.3, -0.25) is 14.4 Å². The zero-order valence-electron chi connectivity index (χ0n) is 20.3. The molecule has 1 aliphatic carbocycles. The fourth-order valence-electron chi connectivity index (χ4n) is 5.50. The minimum absolute atomic E-state index is 0.111. The maximum atomic E-state index is 14.1. The molecule has 1 aliphatic heterocycles. The van der Waals surface area contributed by atoms with Crippen LogP contribution < -0.4 is 10.6 Å². The van der Waals surface area contributed by atoms with Gasteiger partial charge in [0, 0.05) is 18.4 Å². The Morgan fingerprint density at radius 2 is 1.83 bits per heavy atom. The second kappa shape index (κ2) is 9.24. The molecule has 8 nitrogen and oxygen atoms in total. The van der Waals surface area contributed by atoms with Crippen LogP contribution in [0.3, 0.4) is 0 Å². The number of rotatable bonds is 5. The lowest BCUT2D eigenvalue weighted by molar-refractivity contribution is -0.134. The summed E-state index contributed by atoms with van der Waals surface area (Å²) in [7, 11) is 0. The van der Waals surface area contributed by atoms with Crippen molar-refractivity contribution in [3.8, 4) is 0 Å². The highest BCUT2D eigenvalue weighted by atomic mass is 16.3. The molecule has 2 N–H and O–H groups in total. The van der Waals surface area contributed by atoms with Crippen LogP contribution in [0.1, 0.15) is 68.6 Å². The summed E-state index contributed by atoms with van der Waals surface area (Å²) in [5, 5.41) is 6.91. The highest BCUT2D eigenvalue weighted by Crippen LogP contribution is 2.39. The van der Waals surface area contributed by atoms with Crippen LogP contribution >= 0.6 is 0 Å². The van der Waals surface area contributed by atoms with E-state index in [0.717, 1.165) is 36.6 Å². The Hall–Kier alpha value is -3.55. The second-order valence-electron chi connectivity index (χ2n) is 9.91. The minimum Gasteiger partial charge on any atom is -0.467 e. The van der Waals surface area contributed by atoms with E-state index in [2.05, 4.69) is 10.6 Å². The Morgan fingerprint density at radius 3 is 2.51 bits per heavy atom. The Labute approximate surface area is 204 Å². The SMILES string of the molecule is CC(=O)Nc1c2n(c3ccccc13)C[C@@](C)(C(=O)NC1CCCCCC1)N(Cc1ccco1)C2=O. The van der Waals surface area contributed by atoms with Crippen LogP contribution in [0, 0.1) is 0 Å². The van der Waals surface area contributed by atoms with Gasteiger partial charge in [0.1, 0.15) is 17.0 Å². The molecule has 0 unspecified atom stereocenters. The number of carbonyl (C=O) groups excluding carboxylic acids is 3. The van der Waals surface area contributed by atoms with E-state index in [1.807, 2.05) is 35.8 Å². The van der Waals surface area contributed by atoms with Gasteiger partial charge in [-0.05, 0) is 38.0 Å². The Bertz CT molecular complexity index is 1250. The second-order valence-corrected chi connectivity index (χ2v) is 9.91. The maximum Gasteiger partial charge on any atom is 0.274 e. The fraction of sp³-hybridized carbons (Fsp3) is 0.444. The van der Waals surface area contributed by atoms with E-state index < -0.39 is 5.54 Å². The number of furan rings is 1. The lowest BCUT2D eigenvalue weighted by Crippen LogP contribution is -2.64. The monoisotopic (exact) mass is 476 g/mol. The van der Waals surface area contributed by atoms with Gasteiger partial charge in [0.25, 0.3) is 5.91 Å². The molecule has 0 spiro atoms. The van der Waals surface area contributed by atoms with Crippen molar-refractivity contribution < 1.29 is 18.8 Å². The van der Waals surface area contributed by atoms with E-state index in [4.69, 9.17) is 4.42 Å². The molecule has 35 heavy (non-hydrogen) atoms. The van der Waals surface area contributed by atoms with Crippen molar-refractivity contribution in [1.29, 1.82) is 0 Å². The van der Waals surface area contributed by atoms with Gasteiger partial charge in [-0.2, -0.15) is 0 Å². The van der Waals surface area contributed by atoms with Gasteiger partial charge in [0.05, 0.1) is 30.6 Å². The Balaban J connectivity index is 1.60. The predicted octanol–water partition coefficient (Wildman–Crippen LogP) is 4.45. The summed E-state index contributed by atoms with van der Waals surface area (Å²) in [5.41, 5.74) is 0.533. The van der Waals surface area contributed by atoms with Gasteiger partial charge in [0.2, 0.25) is 11.8 Å². The summed E-state index contributed by atoms with van der Waals surface area (Å²) in [4.78, 5) is 41.7. The molecule has 1 aromatic carbocycles. The van der Waals surface area contributed by atoms with Gasteiger partial charge in [-0.15, -0.1) is 0 Å². The van der Waals surface area contributed by atoms with Crippen molar-refractivity contribution >= 4 is 34.3 Å². The number of hydrogen-bond donors (Lipinski definition) is 2. The first-order valence-corrected chi connectivity index (χ1v) is 12.4. The number of amides is 3. The lowest BCUT2D eigenvalue weighted by atomic mass is 9.93. The van der Waals surface area contributed by atoms with Crippen molar-refractivity contribution in [1.82, 2.24) is 14.8 Å². The summed E-state index contributed by atoms with van der Waals surface area (Å²) in [5.74, 6) is -0.133. The maximum absolute atomic E-state index is 14.1. The summed E-state index contributed by atoms with van der Waals surface area (Å²) in [6.45, 7) is 3.68. The number of anilines is 1. The van der Waals surface area contributed by atoms with Gasteiger partial charge in [-0.25, -0.2) is 0 Å². The van der Waals surface area contributed by atoms with Gasteiger partial charge in [0.15, 0.2) is 0 Å². The Morgan fingerprint density at radius 1 is 1.09 bits per heavy atom. The van der Waals surface area contributed by atoms with Crippen molar-refractivity contribution in [2.75, 3.05) is 5.32 Å². The molecular formula is C27H32N4O4. The van der Waals surface area contributed by atoms with E-state index >= 15 is 0 Å². The largest absolute Gasteiger partial charge is 0.467 e. The van der Waals surface area contributed by atoms with Crippen LogP contribution in [0.5, 0.6) is 0 Å².